The molecule has 1 N–H and O–H groups in total. The first-order chi connectivity index (χ1) is 10.0. The second kappa shape index (κ2) is 5.90. The molecule has 0 bridgehead atoms. The number of rotatable bonds is 3. The molecule has 3 rings (SSSR count). The summed E-state index contributed by atoms with van der Waals surface area (Å²) in [6.07, 6.45) is 6.54. The van der Waals surface area contributed by atoms with E-state index in [-0.39, 0.29) is 0 Å². The van der Waals surface area contributed by atoms with Crippen LogP contribution in [-0.2, 0) is 13.6 Å². The minimum atomic E-state index is 0.353. The molecular weight excluding hydrogens is 284 g/mol. The normalized spacial score (nSPS) is 25.8. The van der Waals surface area contributed by atoms with Crippen molar-refractivity contribution in [1.29, 1.82) is 0 Å². The van der Waals surface area contributed by atoms with Gasteiger partial charge in [0.15, 0.2) is 0 Å². The Kier molecular flexibility index (Phi) is 4.30. The molecular formula is C16H27ClN4. The average Bonchev–Trinajstić information content (AvgIpc) is 3.00. The van der Waals surface area contributed by atoms with Crippen LogP contribution in [0.2, 0.25) is 5.02 Å². The van der Waals surface area contributed by atoms with E-state index >= 15 is 0 Å². The lowest BCUT2D eigenvalue weighted by Gasteiger charge is -2.46. The summed E-state index contributed by atoms with van der Waals surface area (Å²) in [6, 6.07) is 0.600. The molecule has 1 aromatic heterocycles. The highest BCUT2D eigenvalue weighted by molar-refractivity contribution is 6.31. The second-order valence-electron chi connectivity index (χ2n) is 6.81. The number of hydrogen-bond donors (Lipinski definition) is 1. The van der Waals surface area contributed by atoms with Crippen molar-refractivity contribution < 1.29 is 0 Å². The standard InChI is InChI=1S/C16H27ClN4/c1-4-13-9-18-16(7-5-6-8-16)11-21(13)10-14-15(17)12(2)19-20(14)3/h13,18H,4-11H2,1-3H3. The van der Waals surface area contributed by atoms with E-state index in [0.29, 0.717) is 11.6 Å². The van der Waals surface area contributed by atoms with Gasteiger partial charge in [-0.25, -0.2) is 0 Å². The van der Waals surface area contributed by atoms with E-state index in [4.69, 9.17) is 11.6 Å². The van der Waals surface area contributed by atoms with E-state index < -0.39 is 0 Å². The molecule has 1 aromatic rings. The largest absolute Gasteiger partial charge is 0.308 e. The molecule has 118 valence electrons. The summed E-state index contributed by atoms with van der Waals surface area (Å²) in [5, 5.41) is 9.15. The van der Waals surface area contributed by atoms with Crippen molar-refractivity contribution in [3.05, 3.63) is 16.4 Å². The van der Waals surface area contributed by atoms with Crippen LogP contribution in [0.25, 0.3) is 0 Å². The number of piperazine rings is 1. The molecule has 1 atom stereocenters. The zero-order chi connectivity index (χ0) is 15.0. The Morgan fingerprint density at radius 1 is 1.38 bits per heavy atom. The Hall–Kier alpha value is -0.580. The van der Waals surface area contributed by atoms with Gasteiger partial charge in [-0.05, 0) is 26.2 Å². The molecule has 4 nitrogen and oxygen atoms in total. The fraction of sp³-hybridized carbons (Fsp3) is 0.812. The molecule has 1 aliphatic heterocycles. The lowest BCUT2D eigenvalue weighted by molar-refractivity contribution is 0.0698. The molecule has 2 aliphatic rings. The highest BCUT2D eigenvalue weighted by Crippen LogP contribution is 2.34. The van der Waals surface area contributed by atoms with Crippen LogP contribution in [0.1, 0.15) is 50.4 Å². The van der Waals surface area contributed by atoms with Gasteiger partial charge in [0.1, 0.15) is 0 Å². The predicted molar refractivity (Wildman–Crippen MR) is 86.6 cm³/mol. The molecule has 1 aliphatic carbocycles. The lowest BCUT2D eigenvalue weighted by atomic mass is 9.91. The van der Waals surface area contributed by atoms with Crippen molar-refractivity contribution in [3.8, 4) is 0 Å². The monoisotopic (exact) mass is 310 g/mol. The van der Waals surface area contributed by atoms with Gasteiger partial charge in [0.2, 0.25) is 0 Å². The van der Waals surface area contributed by atoms with Gasteiger partial charge in [-0.1, -0.05) is 31.4 Å². The van der Waals surface area contributed by atoms with Gasteiger partial charge in [-0.2, -0.15) is 5.10 Å². The highest BCUT2D eigenvalue weighted by Gasteiger charge is 2.40. The zero-order valence-electron chi connectivity index (χ0n) is 13.5. The quantitative estimate of drug-likeness (QED) is 0.932. The third kappa shape index (κ3) is 2.86. The number of aromatic nitrogens is 2. The van der Waals surface area contributed by atoms with Crippen molar-refractivity contribution in [2.24, 2.45) is 7.05 Å². The van der Waals surface area contributed by atoms with Gasteiger partial charge in [0, 0.05) is 38.3 Å². The summed E-state index contributed by atoms with van der Waals surface area (Å²) >= 11 is 6.45. The molecule has 5 heteroatoms. The van der Waals surface area contributed by atoms with Crippen molar-refractivity contribution >= 4 is 11.6 Å². The maximum absolute atomic E-state index is 6.45. The van der Waals surface area contributed by atoms with E-state index in [2.05, 4.69) is 22.2 Å². The summed E-state index contributed by atoms with van der Waals surface area (Å²) in [7, 11) is 2.00. The summed E-state index contributed by atoms with van der Waals surface area (Å²) in [6.45, 7) is 7.43. The smallest absolute Gasteiger partial charge is 0.0860 e. The molecule has 0 radical (unpaired) electrons. The minimum absolute atomic E-state index is 0.353. The van der Waals surface area contributed by atoms with Gasteiger partial charge in [-0.3, -0.25) is 9.58 Å². The third-order valence-corrected chi connectivity index (χ3v) is 5.87. The van der Waals surface area contributed by atoms with Crippen LogP contribution in [-0.4, -0.2) is 39.4 Å². The van der Waals surface area contributed by atoms with Gasteiger partial charge in [0.25, 0.3) is 0 Å². The average molecular weight is 311 g/mol. The Balaban J connectivity index is 1.80. The van der Waals surface area contributed by atoms with Crippen LogP contribution in [0.15, 0.2) is 0 Å². The highest BCUT2D eigenvalue weighted by atomic mass is 35.5. The molecule has 0 amide bonds. The Morgan fingerprint density at radius 3 is 2.67 bits per heavy atom. The van der Waals surface area contributed by atoms with Crippen molar-refractivity contribution in [3.63, 3.8) is 0 Å². The fourth-order valence-corrected chi connectivity index (χ4v) is 4.28. The molecule has 2 fully saturated rings. The molecule has 1 saturated heterocycles. The van der Waals surface area contributed by atoms with Gasteiger partial charge < -0.3 is 5.32 Å². The molecule has 1 spiro atoms. The van der Waals surface area contributed by atoms with Crippen LogP contribution >= 0.6 is 11.6 Å². The molecule has 1 unspecified atom stereocenters. The molecule has 21 heavy (non-hydrogen) atoms. The van der Waals surface area contributed by atoms with Crippen molar-refractivity contribution in [1.82, 2.24) is 20.0 Å². The van der Waals surface area contributed by atoms with Gasteiger partial charge in [0.05, 0.1) is 16.4 Å². The van der Waals surface area contributed by atoms with Crippen LogP contribution in [0.5, 0.6) is 0 Å². The van der Waals surface area contributed by atoms with E-state index in [0.717, 1.165) is 36.0 Å². The predicted octanol–water partition coefficient (Wildman–Crippen LogP) is 2.88. The Labute approximate surface area is 132 Å². The Bertz CT molecular complexity index is 505. The Morgan fingerprint density at radius 2 is 2.10 bits per heavy atom. The first-order valence-corrected chi connectivity index (χ1v) is 8.59. The number of nitrogens with zero attached hydrogens (tertiary/aromatic N) is 3. The van der Waals surface area contributed by atoms with E-state index in [1.54, 1.807) is 0 Å². The van der Waals surface area contributed by atoms with Crippen LogP contribution in [0, 0.1) is 6.92 Å². The first kappa shape index (κ1) is 15.3. The van der Waals surface area contributed by atoms with E-state index in [1.807, 2.05) is 18.7 Å². The maximum atomic E-state index is 6.45. The lowest BCUT2D eigenvalue weighted by Crippen LogP contribution is -2.62. The number of aryl methyl sites for hydroxylation is 2. The van der Waals surface area contributed by atoms with Gasteiger partial charge >= 0.3 is 0 Å². The van der Waals surface area contributed by atoms with E-state index in [9.17, 15) is 0 Å². The number of hydrogen-bond acceptors (Lipinski definition) is 3. The first-order valence-electron chi connectivity index (χ1n) is 8.22. The summed E-state index contributed by atoms with van der Waals surface area (Å²) in [5.74, 6) is 0. The molecule has 0 aromatic carbocycles. The summed E-state index contributed by atoms with van der Waals surface area (Å²) in [4.78, 5) is 2.63. The minimum Gasteiger partial charge on any atom is -0.308 e. The van der Waals surface area contributed by atoms with Crippen LogP contribution in [0.3, 0.4) is 0 Å². The number of nitrogens with one attached hydrogen (secondary N) is 1. The second-order valence-corrected chi connectivity index (χ2v) is 7.18. The summed E-state index contributed by atoms with van der Waals surface area (Å²) in [5.41, 5.74) is 2.45. The topological polar surface area (TPSA) is 33.1 Å². The SMILES string of the molecule is CCC1CNC2(CCCC2)CN1Cc1c(Cl)c(C)nn1C. The van der Waals surface area contributed by atoms with Crippen LogP contribution < -0.4 is 5.32 Å². The number of halogens is 1. The van der Waals surface area contributed by atoms with Crippen LogP contribution in [0.4, 0.5) is 0 Å². The zero-order valence-corrected chi connectivity index (χ0v) is 14.2. The van der Waals surface area contributed by atoms with E-state index in [1.165, 1.54) is 32.1 Å². The molecule has 2 heterocycles. The van der Waals surface area contributed by atoms with Gasteiger partial charge in [-0.15, -0.1) is 0 Å². The van der Waals surface area contributed by atoms with Crippen molar-refractivity contribution in [2.45, 2.75) is 64.1 Å². The molecule has 1 saturated carbocycles. The third-order valence-electron chi connectivity index (χ3n) is 5.38. The van der Waals surface area contributed by atoms with Crippen molar-refractivity contribution in [2.75, 3.05) is 13.1 Å². The fourth-order valence-electron chi connectivity index (χ4n) is 4.06. The maximum Gasteiger partial charge on any atom is 0.0860 e. The summed E-state index contributed by atoms with van der Waals surface area (Å²) < 4.78 is 1.95.